The van der Waals surface area contributed by atoms with Crippen molar-refractivity contribution in [3.8, 4) is 28.6 Å². The highest BCUT2D eigenvalue weighted by Crippen LogP contribution is 2.40. The van der Waals surface area contributed by atoms with E-state index in [4.69, 9.17) is 14.7 Å². The Morgan fingerprint density at radius 2 is 1.44 bits per heavy atom. The highest BCUT2D eigenvalue weighted by atomic mass is 32.1. The smallest absolute Gasteiger partial charge is 0.145 e. The van der Waals surface area contributed by atoms with E-state index in [9.17, 15) is 0 Å². The molecule has 0 saturated heterocycles. The molecule has 43 heavy (non-hydrogen) atoms. The second kappa shape index (κ2) is 9.28. The molecule has 0 saturated carbocycles. The second-order valence-corrected chi connectivity index (χ2v) is 11.9. The third-order valence-corrected chi connectivity index (χ3v) is 9.35. The highest BCUT2D eigenvalue weighted by Gasteiger charge is 2.17. The van der Waals surface area contributed by atoms with E-state index in [2.05, 4.69) is 75.9 Å². The molecule has 4 heterocycles. The minimum absolute atomic E-state index is 0.757. The van der Waals surface area contributed by atoms with Gasteiger partial charge < -0.3 is 9.30 Å². The van der Waals surface area contributed by atoms with Crippen LogP contribution in [0.25, 0.3) is 70.2 Å². The van der Waals surface area contributed by atoms with Crippen LogP contribution in [0.5, 0.6) is 11.5 Å². The lowest BCUT2D eigenvalue weighted by molar-refractivity contribution is 0.482. The van der Waals surface area contributed by atoms with Crippen LogP contribution in [-0.4, -0.2) is 19.1 Å². The number of fused-ring (bicyclic) bond motifs is 7. The van der Waals surface area contributed by atoms with E-state index < -0.39 is 0 Å². The maximum absolute atomic E-state index is 6.46. The van der Waals surface area contributed by atoms with Crippen LogP contribution in [-0.2, 0) is 7.05 Å². The number of nitrogens with zero attached hydrogens (tertiary/aromatic N) is 4. The van der Waals surface area contributed by atoms with Gasteiger partial charge in [0.25, 0.3) is 0 Å². The average Bonchev–Trinajstić information content (AvgIpc) is 3.69. The lowest BCUT2D eigenvalue weighted by Crippen LogP contribution is -1.96. The van der Waals surface area contributed by atoms with E-state index in [-0.39, 0.29) is 0 Å². The Morgan fingerprint density at radius 1 is 0.628 bits per heavy atom. The molecule has 5 nitrogen and oxygen atoms in total. The summed E-state index contributed by atoms with van der Waals surface area (Å²) in [5.41, 5.74) is 6.15. The van der Waals surface area contributed by atoms with E-state index in [1.165, 1.54) is 25.6 Å². The fourth-order valence-electron chi connectivity index (χ4n) is 6.25. The van der Waals surface area contributed by atoms with Gasteiger partial charge in [0.15, 0.2) is 0 Å². The summed E-state index contributed by atoms with van der Waals surface area (Å²) in [6, 6.07) is 42.0. The zero-order chi connectivity index (χ0) is 28.5. The van der Waals surface area contributed by atoms with Crippen molar-refractivity contribution >= 4 is 64.5 Å². The van der Waals surface area contributed by atoms with Crippen molar-refractivity contribution in [3.63, 3.8) is 0 Å². The minimum atomic E-state index is 0.757. The molecule has 204 valence electrons. The molecule has 0 aliphatic carbocycles. The Hall–Kier alpha value is -5.46. The first kappa shape index (κ1) is 24.2. The molecule has 0 bridgehead atoms. The van der Waals surface area contributed by atoms with Crippen molar-refractivity contribution < 1.29 is 4.74 Å². The zero-order valence-electron chi connectivity index (χ0n) is 23.2. The summed E-state index contributed by atoms with van der Waals surface area (Å²) in [5.74, 6) is 2.42. The largest absolute Gasteiger partial charge is 0.457 e. The van der Waals surface area contributed by atoms with Crippen LogP contribution in [0.15, 0.2) is 128 Å². The summed E-state index contributed by atoms with van der Waals surface area (Å²) in [4.78, 5) is 9.70. The van der Waals surface area contributed by atoms with Crippen LogP contribution >= 0.6 is 11.3 Å². The zero-order valence-corrected chi connectivity index (χ0v) is 24.0. The highest BCUT2D eigenvalue weighted by molar-refractivity contribution is 7.25. The Balaban J connectivity index is 1.16. The number of ether oxygens (including phenoxy) is 1. The summed E-state index contributed by atoms with van der Waals surface area (Å²) < 4.78 is 13.4. The third kappa shape index (κ3) is 3.77. The molecule has 0 atom stereocenters. The van der Waals surface area contributed by atoms with Gasteiger partial charge in [-0.05, 0) is 66.7 Å². The molecule has 0 spiro atoms. The number of rotatable bonds is 4. The summed E-state index contributed by atoms with van der Waals surface area (Å²) in [6.45, 7) is 0. The number of imidazole rings is 1. The summed E-state index contributed by atoms with van der Waals surface area (Å²) in [6.07, 6.45) is 1.86. The van der Waals surface area contributed by atoms with Gasteiger partial charge in [0.1, 0.15) is 23.0 Å². The molecule has 0 N–H and O–H groups in total. The molecular weight excluding hydrogens is 549 g/mol. The molecule has 9 rings (SSSR count). The molecule has 6 heteroatoms. The van der Waals surface area contributed by atoms with Crippen LogP contribution in [0.4, 0.5) is 0 Å². The van der Waals surface area contributed by atoms with Crippen molar-refractivity contribution in [1.82, 2.24) is 19.1 Å². The molecular formula is C37H24N4OS. The first-order chi connectivity index (χ1) is 21.2. The SMILES string of the molecule is Cn1c(-c2cccc(Oc3cccc(-n4c5cc6c(cc5c5cccnc54)sc4ccccc46)c3)c2)nc2ccccc21. The topological polar surface area (TPSA) is 44.9 Å². The van der Waals surface area contributed by atoms with Gasteiger partial charge in [-0.1, -0.05) is 48.5 Å². The number of para-hydroxylation sites is 2. The summed E-state index contributed by atoms with van der Waals surface area (Å²) in [7, 11) is 2.05. The van der Waals surface area contributed by atoms with E-state index >= 15 is 0 Å². The fraction of sp³-hybridized carbons (Fsp3) is 0.0270. The number of aromatic nitrogens is 4. The molecule has 5 aromatic carbocycles. The van der Waals surface area contributed by atoms with Crippen LogP contribution in [0.3, 0.4) is 0 Å². The van der Waals surface area contributed by atoms with Gasteiger partial charge in [0.2, 0.25) is 0 Å². The van der Waals surface area contributed by atoms with Gasteiger partial charge in [-0.15, -0.1) is 11.3 Å². The summed E-state index contributed by atoms with van der Waals surface area (Å²) >= 11 is 1.84. The predicted molar refractivity (Wildman–Crippen MR) is 178 cm³/mol. The standard InChI is InChI=1S/C37H24N4OS/c1-40-32-16-4-3-15-31(32)39-36(40)23-9-6-11-25(19-23)42-26-12-7-10-24(20-26)41-33-21-30-27-13-2-5-17-34(27)43-35(30)22-29(33)28-14-8-18-38-37(28)41/h2-22H,1H3. The molecule has 0 aliphatic rings. The van der Waals surface area contributed by atoms with Gasteiger partial charge in [-0.25, -0.2) is 9.97 Å². The van der Waals surface area contributed by atoms with Gasteiger partial charge in [0.05, 0.1) is 22.2 Å². The normalized spacial score (nSPS) is 11.8. The Labute approximate surface area is 250 Å². The maximum Gasteiger partial charge on any atom is 0.145 e. The van der Waals surface area contributed by atoms with Gasteiger partial charge in [0, 0.05) is 55.8 Å². The van der Waals surface area contributed by atoms with E-state index in [1.54, 1.807) is 0 Å². The lowest BCUT2D eigenvalue weighted by atomic mass is 10.1. The Bertz CT molecular complexity index is 2520. The van der Waals surface area contributed by atoms with E-state index in [0.717, 1.165) is 56.2 Å². The van der Waals surface area contributed by atoms with Crippen molar-refractivity contribution in [3.05, 3.63) is 128 Å². The van der Waals surface area contributed by atoms with Crippen LogP contribution in [0, 0.1) is 0 Å². The average molecular weight is 573 g/mol. The Morgan fingerprint density at radius 3 is 2.37 bits per heavy atom. The number of hydrogen-bond acceptors (Lipinski definition) is 4. The number of thiophene rings is 1. The third-order valence-electron chi connectivity index (χ3n) is 8.22. The number of hydrogen-bond donors (Lipinski definition) is 0. The monoisotopic (exact) mass is 572 g/mol. The molecule has 0 radical (unpaired) electrons. The van der Waals surface area contributed by atoms with Crippen molar-refractivity contribution in [2.24, 2.45) is 7.05 Å². The predicted octanol–water partition coefficient (Wildman–Crippen LogP) is 9.89. The minimum Gasteiger partial charge on any atom is -0.457 e. The summed E-state index contributed by atoms with van der Waals surface area (Å²) in [5, 5.41) is 4.89. The maximum atomic E-state index is 6.46. The van der Waals surface area contributed by atoms with Crippen molar-refractivity contribution in [1.29, 1.82) is 0 Å². The first-order valence-electron chi connectivity index (χ1n) is 14.2. The molecule has 0 aliphatic heterocycles. The second-order valence-electron chi connectivity index (χ2n) is 10.8. The van der Waals surface area contributed by atoms with Crippen LogP contribution in [0.1, 0.15) is 0 Å². The quantitative estimate of drug-likeness (QED) is 0.211. The van der Waals surface area contributed by atoms with Gasteiger partial charge in [-0.3, -0.25) is 4.57 Å². The fourth-order valence-corrected chi connectivity index (χ4v) is 7.37. The van der Waals surface area contributed by atoms with Crippen molar-refractivity contribution in [2.75, 3.05) is 0 Å². The van der Waals surface area contributed by atoms with E-state index in [1.807, 2.05) is 79.2 Å². The molecule has 9 aromatic rings. The van der Waals surface area contributed by atoms with E-state index in [0.29, 0.717) is 0 Å². The van der Waals surface area contributed by atoms with Crippen LogP contribution < -0.4 is 4.74 Å². The molecule has 4 aromatic heterocycles. The molecule has 0 fully saturated rings. The lowest BCUT2D eigenvalue weighted by Gasteiger charge is -2.11. The number of aryl methyl sites for hydroxylation is 1. The molecule has 0 unspecified atom stereocenters. The first-order valence-corrected chi connectivity index (χ1v) is 15.0. The molecule has 0 amide bonds. The van der Waals surface area contributed by atoms with Gasteiger partial charge in [-0.2, -0.15) is 0 Å². The number of pyridine rings is 1. The van der Waals surface area contributed by atoms with Crippen LogP contribution in [0.2, 0.25) is 0 Å². The number of benzene rings is 5. The Kier molecular flexibility index (Phi) is 5.21. The van der Waals surface area contributed by atoms with Gasteiger partial charge >= 0.3 is 0 Å². The van der Waals surface area contributed by atoms with Crippen molar-refractivity contribution in [2.45, 2.75) is 0 Å².